The standard InChI is InChI=1S/C20H15Cl2N3OS/c1-24-19(26)16-9-14-13-4-2-3-5-15(13)23-17(14)18(25(16)20(24)27)10-6-11(21)8-12(22)7-10/h2-8,16,18,23H,9H2,1H3/t16-,18+/m0/s1. The molecule has 0 spiro atoms. The molecule has 0 unspecified atom stereocenters. The van der Waals surface area contributed by atoms with Crippen LogP contribution in [0.2, 0.25) is 10.0 Å². The van der Waals surface area contributed by atoms with Crippen LogP contribution >= 0.6 is 35.4 Å². The van der Waals surface area contributed by atoms with E-state index in [-0.39, 0.29) is 18.0 Å². The number of thiocarbonyl (C=S) groups is 1. The van der Waals surface area contributed by atoms with Gasteiger partial charge < -0.3 is 9.88 Å². The van der Waals surface area contributed by atoms with E-state index in [0.717, 1.165) is 27.7 Å². The van der Waals surface area contributed by atoms with Gasteiger partial charge in [0.25, 0.3) is 5.91 Å². The molecule has 1 aromatic heterocycles. The number of H-pyrrole nitrogens is 1. The van der Waals surface area contributed by atoms with Gasteiger partial charge in [0.15, 0.2) is 5.11 Å². The SMILES string of the molecule is CN1C(=O)[C@@H]2Cc3c([nH]c4ccccc34)[C@@H](c3cc(Cl)cc(Cl)c3)N2C1=S. The number of carbonyl (C=O) groups excluding carboxylic acids is 1. The van der Waals surface area contributed by atoms with Crippen molar-refractivity contribution in [3.63, 3.8) is 0 Å². The van der Waals surface area contributed by atoms with Gasteiger partial charge in [-0.2, -0.15) is 0 Å². The molecule has 1 amide bonds. The van der Waals surface area contributed by atoms with E-state index in [9.17, 15) is 4.79 Å². The summed E-state index contributed by atoms with van der Waals surface area (Å²) in [6.07, 6.45) is 0.619. The van der Waals surface area contributed by atoms with Gasteiger partial charge in [-0.25, -0.2) is 0 Å². The maximum absolute atomic E-state index is 12.9. The zero-order valence-electron chi connectivity index (χ0n) is 14.4. The van der Waals surface area contributed by atoms with Crippen LogP contribution in [0.15, 0.2) is 42.5 Å². The highest BCUT2D eigenvalue weighted by atomic mass is 35.5. The van der Waals surface area contributed by atoms with E-state index in [1.807, 2.05) is 35.2 Å². The maximum atomic E-state index is 12.9. The third kappa shape index (κ3) is 2.42. The van der Waals surface area contributed by atoms with Crippen LogP contribution in [0.5, 0.6) is 0 Å². The van der Waals surface area contributed by atoms with Crippen molar-refractivity contribution < 1.29 is 4.79 Å². The quantitative estimate of drug-likeness (QED) is 0.592. The molecule has 4 nitrogen and oxygen atoms in total. The number of aromatic amines is 1. The number of hydrogen-bond acceptors (Lipinski definition) is 2. The molecule has 2 aliphatic heterocycles. The number of carbonyl (C=O) groups is 1. The third-order valence-electron chi connectivity index (χ3n) is 5.46. The number of nitrogens with zero attached hydrogens (tertiary/aromatic N) is 2. The fraction of sp³-hybridized carbons (Fsp3) is 0.200. The average Bonchev–Trinajstić information content (AvgIpc) is 3.11. The second-order valence-corrected chi connectivity index (χ2v) is 8.21. The van der Waals surface area contributed by atoms with Gasteiger partial charge in [-0.15, -0.1) is 0 Å². The van der Waals surface area contributed by atoms with E-state index in [2.05, 4.69) is 11.1 Å². The lowest BCUT2D eigenvalue weighted by molar-refractivity contribution is -0.127. The van der Waals surface area contributed by atoms with E-state index < -0.39 is 0 Å². The lowest BCUT2D eigenvalue weighted by Gasteiger charge is -2.37. The molecule has 0 aliphatic carbocycles. The zero-order valence-corrected chi connectivity index (χ0v) is 16.7. The molecule has 1 fully saturated rings. The Balaban J connectivity index is 1.80. The first kappa shape index (κ1) is 17.0. The van der Waals surface area contributed by atoms with Gasteiger partial charge in [0.1, 0.15) is 6.04 Å². The Morgan fingerprint density at radius 2 is 1.85 bits per heavy atom. The summed E-state index contributed by atoms with van der Waals surface area (Å²) in [5.74, 6) is 0.0223. The van der Waals surface area contributed by atoms with Crippen molar-refractivity contribution in [2.45, 2.75) is 18.5 Å². The van der Waals surface area contributed by atoms with Crippen LogP contribution in [0.25, 0.3) is 10.9 Å². The number of halogens is 2. The van der Waals surface area contributed by atoms with Crippen LogP contribution in [0.3, 0.4) is 0 Å². The van der Waals surface area contributed by atoms with E-state index in [1.54, 1.807) is 18.0 Å². The van der Waals surface area contributed by atoms with Gasteiger partial charge in [-0.05, 0) is 47.6 Å². The number of nitrogens with one attached hydrogen (secondary N) is 1. The predicted octanol–water partition coefficient (Wildman–Crippen LogP) is 4.55. The average molecular weight is 416 g/mol. The summed E-state index contributed by atoms with van der Waals surface area (Å²) in [6, 6.07) is 13.1. The van der Waals surface area contributed by atoms with E-state index in [4.69, 9.17) is 35.4 Å². The molecule has 7 heteroatoms. The van der Waals surface area contributed by atoms with Crippen molar-refractivity contribution in [2.75, 3.05) is 7.05 Å². The highest BCUT2D eigenvalue weighted by molar-refractivity contribution is 7.80. The first-order chi connectivity index (χ1) is 13.0. The lowest BCUT2D eigenvalue weighted by atomic mass is 9.89. The molecule has 1 N–H and O–H groups in total. The van der Waals surface area contributed by atoms with Gasteiger partial charge in [-0.1, -0.05) is 41.4 Å². The van der Waals surface area contributed by atoms with Crippen molar-refractivity contribution >= 4 is 57.3 Å². The number of hydrogen-bond donors (Lipinski definition) is 1. The molecule has 3 aromatic rings. The summed E-state index contributed by atoms with van der Waals surface area (Å²) in [7, 11) is 1.73. The Hall–Kier alpha value is -2.08. The van der Waals surface area contributed by atoms with E-state index in [1.165, 1.54) is 0 Å². The van der Waals surface area contributed by atoms with Crippen molar-refractivity contribution in [3.8, 4) is 0 Å². The number of rotatable bonds is 1. The molecule has 27 heavy (non-hydrogen) atoms. The van der Waals surface area contributed by atoms with Crippen molar-refractivity contribution in [1.29, 1.82) is 0 Å². The van der Waals surface area contributed by atoms with Gasteiger partial charge in [-0.3, -0.25) is 9.69 Å². The Bertz CT molecular complexity index is 1110. The molecule has 1 saturated heterocycles. The maximum Gasteiger partial charge on any atom is 0.251 e. The molecular formula is C20H15Cl2N3OS. The molecule has 0 saturated carbocycles. The van der Waals surface area contributed by atoms with Crippen molar-refractivity contribution in [1.82, 2.24) is 14.8 Å². The van der Waals surface area contributed by atoms with Crippen LogP contribution in [0.4, 0.5) is 0 Å². The molecule has 0 bridgehead atoms. The summed E-state index contributed by atoms with van der Waals surface area (Å²) in [4.78, 5) is 20.0. The summed E-state index contributed by atoms with van der Waals surface area (Å²) >= 11 is 18.2. The van der Waals surface area contributed by atoms with E-state index in [0.29, 0.717) is 21.6 Å². The summed E-state index contributed by atoms with van der Waals surface area (Å²) in [5, 5.41) is 2.78. The molecule has 3 heterocycles. The molecular weight excluding hydrogens is 401 g/mol. The molecule has 2 aromatic carbocycles. The fourth-order valence-corrected chi connectivity index (χ4v) is 5.15. The number of fused-ring (bicyclic) bond motifs is 4. The second-order valence-electron chi connectivity index (χ2n) is 6.98. The lowest BCUT2D eigenvalue weighted by Crippen LogP contribution is -2.44. The molecule has 2 aliphatic rings. The topological polar surface area (TPSA) is 39.3 Å². The largest absolute Gasteiger partial charge is 0.356 e. The summed E-state index contributed by atoms with van der Waals surface area (Å²) in [6.45, 7) is 0. The van der Waals surface area contributed by atoms with Gasteiger partial charge in [0.05, 0.1) is 6.04 Å². The second kappa shape index (κ2) is 5.96. The number of aromatic nitrogens is 1. The van der Waals surface area contributed by atoms with Crippen LogP contribution in [0, 0.1) is 0 Å². The predicted molar refractivity (Wildman–Crippen MR) is 111 cm³/mol. The Morgan fingerprint density at radius 3 is 2.59 bits per heavy atom. The Kier molecular flexibility index (Phi) is 3.76. The number of para-hydroxylation sites is 1. The summed E-state index contributed by atoms with van der Waals surface area (Å²) in [5.41, 5.74) is 4.15. The Labute approximate surface area is 171 Å². The smallest absolute Gasteiger partial charge is 0.251 e. The fourth-order valence-electron chi connectivity index (χ4n) is 4.29. The minimum Gasteiger partial charge on any atom is -0.356 e. The van der Waals surface area contributed by atoms with Crippen LogP contribution in [-0.2, 0) is 11.2 Å². The highest BCUT2D eigenvalue weighted by Gasteiger charge is 2.49. The van der Waals surface area contributed by atoms with Crippen LogP contribution < -0.4 is 0 Å². The van der Waals surface area contributed by atoms with Gasteiger partial charge in [0, 0.05) is 40.1 Å². The highest BCUT2D eigenvalue weighted by Crippen LogP contribution is 2.44. The third-order valence-corrected chi connectivity index (χ3v) is 6.38. The molecule has 0 radical (unpaired) electrons. The number of likely N-dealkylation sites (N-methyl/N-ethyl adjacent to an activating group) is 1. The molecule has 5 rings (SSSR count). The minimum absolute atomic E-state index is 0.0223. The van der Waals surface area contributed by atoms with Crippen LogP contribution in [0.1, 0.15) is 22.9 Å². The number of benzene rings is 2. The normalized spacial score (nSPS) is 21.7. The van der Waals surface area contributed by atoms with Crippen molar-refractivity contribution in [2.24, 2.45) is 0 Å². The summed E-state index contributed by atoms with van der Waals surface area (Å²) < 4.78 is 0. The first-order valence-corrected chi connectivity index (χ1v) is 9.77. The van der Waals surface area contributed by atoms with Crippen LogP contribution in [-0.4, -0.2) is 38.9 Å². The van der Waals surface area contributed by atoms with Crippen molar-refractivity contribution in [3.05, 3.63) is 69.3 Å². The monoisotopic (exact) mass is 415 g/mol. The zero-order chi connectivity index (χ0) is 18.9. The Morgan fingerprint density at radius 1 is 1.15 bits per heavy atom. The first-order valence-electron chi connectivity index (χ1n) is 8.61. The number of amides is 1. The molecule has 2 atom stereocenters. The minimum atomic E-state index is -0.322. The van der Waals surface area contributed by atoms with Gasteiger partial charge >= 0.3 is 0 Å². The van der Waals surface area contributed by atoms with Gasteiger partial charge in [0.2, 0.25) is 0 Å². The van der Waals surface area contributed by atoms with E-state index >= 15 is 0 Å². The molecule has 136 valence electrons.